The second-order valence-electron chi connectivity index (χ2n) is 4.02. The fraction of sp³-hybridized carbons (Fsp3) is 0.667. The number of alkyl halides is 3. The lowest BCUT2D eigenvalue weighted by molar-refractivity contribution is -0.191. The van der Waals surface area contributed by atoms with Gasteiger partial charge in [0.25, 0.3) is 5.91 Å². The number of hydrogen-bond acceptors (Lipinski definition) is 4. The summed E-state index contributed by atoms with van der Waals surface area (Å²) in [5, 5.41) is 12.1. The summed E-state index contributed by atoms with van der Waals surface area (Å²) >= 11 is 0. The molecule has 1 aliphatic heterocycles. The quantitative estimate of drug-likeness (QED) is 0.574. The molecule has 0 saturated carbocycles. The van der Waals surface area contributed by atoms with E-state index in [1.54, 1.807) is 0 Å². The van der Waals surface area contributed by atoms with Crippen LogP contribution in [0.25, 0.3) is 0 Å². The number of carbonyl (C=O) groups is 3. The van der Waals surface area contributed by atoms with Crippen LogP contribution in [0, 0.1) is 0 Å². The van der Waals surface area contributed by atoms with E-state index in [0.717, 1.165) is 0 Å². The molecule has 1 rings (SSSR count). The molecule has 0 spiro atoms. The minimum atomic E-state index is -4.96. The Balaban J connectivity index is 2.80. The number of hydrogen-bond donors (Lipinski definition) is 3. The van der Waals surface area contributed by atoms with Crippen LogP contribution >= 0.6 is 0 Å². The highest BCUT2D eigenvalue weighted by atomic mass is 19.4. The van der Waals surface area contributed by atoms with Gasteiger partial charge in [-0.2, -0.15) is 13.2 Å². The van der Waals surface area contributed by atoms with Crippen molar-refractivity contribution in [1.82, 2.24) is 15.5 Å². The lowest BCUT2D eigenvalue weighted by Gasteiger charge is -2.24. The smallest absolute Gasteiger partial charge is 0.395 e. The molecule has 1 heterocycles. The van der Waals surface area contributed by atoms with Crippen molar-refractivity contribution in [2.45, 2.75) is 18.6 Å². The summed E-state index contributed by atoms with van der Waals surface area (Å²) < 4.78 is 38.1. The SMILES string of the molecule is CC1(C(F)(F)F)NC(=O)N(CC(=O)NCCO)C1=O. The average molecular weight is 283 g/mol. The number of aliphatic hydroxyl groups is 1. The summed E-state index contributed by atoms with van der Waals surface area (Å²) in [6.07, 6.45) is -4.96. The highest BCUT2D eigenvalue weighted by Crippen LogP contribution is 2.34. The summed E-state index contributed by atoms with van der Waals surface area (Å²) in [6, 6.07) is -1.29. The van der Waals surface area contributed by atoms with E-state index in [1.807, 2.05) is 0 Å². The third-order valence-electron chi connectivity index (χ3n) is 2.58. The lowest BCUT2D eigenvalue weighted by Crippen LogP contribution is -2.56. The number of halogens is 3. The Labute approximate surface area is 105 Å². The van der Waals surface area contributed by atoms with Crippen molar-refractivity contribution in [1.29, 1.82) is 0 Å². The molecule has 19 heavy (non-hydrogen) atoms. The van der Waals surface area contributed by atoms with Crippen LogP contribution in [0.4, 0.5) is 18.0 Å². The third kappa shape index (κ3) is 2.78. The van der Waals surface area contributed by atoms with Crippen LogP contribution in [0.3, 0.4) is 0 Å². The molecule has 0 bridgehead atoms. The predicted molar refractivity (Wildman–Crippen MR) is 54.8 cm³/mol. The van der Waals surface area contributed by atoms with Gasteiger partial charge in [-0.1, -0.05) is 0 Å². The topological polar surface area (TPSA) is 98.7 Å². The summed E-state index contributed by atoms with van der Waals surface area (Å²) in [6.45, 7) is -0.805. The molecule has 3 N–H and O–H groups in total. The van der Waals surface area contributed by atoms with Crippen LogP contribution in [-0.4, -0.2) is 59.3 Å². The van der Waals surface area contributed by atoms with Gasteiger partial charge < -0.3 is 15.7 Å². The van der Waals surface area contributed by atoms with E-state index < -0.39 is 36.1 Å². The van der Waals surface area contributed by atoms with Crippen LogP contribution in [0.5, 0.6) is 0 Å². The molecule has 0 aromatic rings. The summed E-state index contributed by atoms with van der Waals surface area (Å²) in [5.74, 6) is -2.38. The number of imide groups is 1. The third-order valence-corrected chi connectivity index (χ3v) is 2.58. The normalized spacial score (nSPS) is 23.5. The second kappa shape index (κ2) is 5.03. The molecule has 108 valence electrons. The number of carbonyl (C=O) groups excluding carboxylic acids is 3. The maximum absolute atomic E-state index is 12.7. The molecule has 1 fully saturated rings. The van der Waals surface area contributed by atoms with Crippen molar-refractivity contribution < 1.29 is 32.7 Å². The van der Waals surface area contributed by atoms with Gasteiger partial charge in [0, 0.05) is 6.54 Å². The van der Waals surface area contributed by atoms with Crippen LogP contribution in [0.1, 0.15) is 6.92 Å². The van der Waals surface area contributed by atoms with Gasteiger partial charge in [-0.25, -0.2) is 4.79 Å². The average Bonchev–Trinajstić information content (AvgIpc) is 2.50. The second-order valence-corrected chi connectivity index (χ2v) is 4.02. The number of nitrogens with zero attached hydrogens (tertiary/aromatic N) is 1. The maximum atomic E-state index is 12.7. The molecular formula is C9H12F3N3O4. The standard InChI is InChI=1S/C9H12F3N3O4/c1-8(9(10,11)12)6(18)15(7(19)14-8)4-5(17)13-2-3-16/h16H,2-4H2,1H3,(H,13,17)(H,14,19). The van der Waals surface area contributed by atoms with Crippen molar-refractivity contribution in [2.24, 2.45) is 0 Å². The Hall–Kier alpha value is -1.84. The van der Waals surface area contributed by atoms with Gasteiger partial charge in [-0.15, -0.1) is 0 Å². The first kappa shape index (κ1) is 15.2. The Morgan fingerprint density at radius 2 is 2.05 bits per heavy atom. The molecule has 1 unspecified atom stereocenters. The zero-order chi connectivity index (χ0) is 14.8. The van der Waals surface area contributed by atoms with Gasteiger partial charge in [0.1, 0.15) is 6.54 Å². The van der Waals surface area contributed by atoms with Crippen LogP contribution in [-0.2, 0) is 9.59 Å². The molecule has 0 aromatic carbocycles. The molecular weight excluding hydrogens is 271 g/mol. The summed E-state index contributed by atoms with van der Waals surface area (Å²) in [5.41, 5.74) is -3.03. The van der Waals surface area contributed by atoms with E-state index in [4.69, 9.17) is 5.11 Å². The number of amides is 4. The molecule has 0 aromatic heterocycles. The molecule has 1 saturated heterocycles. The first-order valence-electron chi connectivity index (χ1n) is 5.22. The van der Waals surface area contributed by atoms with Crippen LogP contribution in [0.2, 0.25) is 0 Å². The van der Waals surface area contributed by atoms with E-state index in [9.17, 15) is 27.6 Å². The highest BCUT2D eigenvalue weighted by Gasteiger charge is 2.64. The Morgan fingerprint density at radius 1 is 1.47 bits per heavy atom. The summed E-state index contributed by atoms with van der Waals surface area (Å²) in [4.78, 5) is 34.3. The fourth-order valence-corrected chi connectivity index (χ4v) is 1.43. The van der Waals surface area contributed by atoms with Gasteiger partial charge in [-0.3, -0.25) is 14.5 Å². The van der Waals surface area contributed by atoms with Crippen molar-refractivity contribution in [3.63, 3.8) is 0 Å². The molecule has 0 aliphatic carbocycles. The van der Waals surface area contributed by atoms with Gasteiger partial charge in [-0.05, 0) is 6.92 Å². The van der Waals surface area contributed by atoms with E-state index in [1.165, 1.54) is 5.32 Å². The largest absolute Gasteiger partial charge is 0.420 e. The van der Waals surface area contributed by atoms with Crippen molar-refractivity contribution in [3.8, 4) is 0 Å². The van der Waals surface area contributed by atoms with Crippen LogP contribution < -0.4 is 10.6 Å². The van der Waals surface area contributed by atoms with E-state index in [-0.39, 0.29) is 18.1 Å². The highest BCUT2D eigenvalue weighted by molar-refractivity contribution is 6.09. The Kier molecular flexibility index (Phi) is 4.03. The van der Waals surface area contributed by atoms with Gasteiger partial charge >= 0.3 is 12.2 Å². The van der Waals surface area contributed by atoms with Gasteiger partial charge in [0.15, 0.2) is 0 Å². The molecule has 1 atom stereocenters. The Bertz CT molecular complexity index is 412. The number of nitrogens with one attached hydrogen (secondary N) is 2. The maximum Gasteiger partial charge on any atom is 0.420 e. The van der Waals surface area contributed by atoms with Crippen LogP contribution in [0.15, 0.2) is 0 Å². The van der Waals surface area contributed by atoms with Gasteiger partial charge in [0.2, 0.25) is 11.4 Å². The fourth-order valence-electron chi connectivity index (χ4n) is 1.43. The Morgan fingerprint density at radius 3 is 2.47 bits per heavy atom. The minimum absolute atomic E-state index is 0.126. The van der Waals surface area contributed by atoms with E-state index in [2.05, 4.69) is 5.32 Å². The van der Waals surface area contributed by atoms with Gasteiger partial charge in [0.05, 0.1) is 6.61 Å². The zero-order valence-corrected chi connectivity index (χ0v) is 9.87. The zero-order valence-electron chi connectivity index (χ0n) is 9.87. The monoisotopic (exact) mass is 283 g/mol. The first-order chi connectivity index (χ1) is 8.63. The number of urea groups is 1. The predicted octanol–water partition coefficient (Wildman–Crippen LogP) is -1.03. The van der Waals surface area contributed by atoms with E-state index >= 15 is 0 Å². The van der Waals surface area contributed by atoms with Crippen molar-refractivity contribution in [2.75, 3.05) is 19.7 Å². The minimum Gasteiger partial charge on any atom is -0.395 e. The number of rotatable bonds is 4. The lowest BCUT2D eigenvalue weighted by atomic mass is 10.0. The van der Waals surface area contributed by atoms with E-state index in [0.29, 0.717) is 6.92 Å². The molecule has 1 aliphatic rings. The molecule has 4 amide bonds. The van der Waals surface area contributed by atoms with Crippen molar-refractivity contribution >= 4 is 17.8 Å². The molecule has 10 heteroatoms. The first-order valence-corrected chi connectivity index (χ1v) is 5.22. The summed E-state index contributed by atoms with van der Waals surface area (Å²) in [7, 11) is 0. The molecule has 0 radical (unpaired) electrons. The number of aliphatic hydroxyl groups excluding tert-OH is 1. The molecule has 7 nitrogen and oxygen atoms in total. The van der Waals surface area contributed by atoms with Crippen molar-refractivity contribution in [3.05, 3.63) is 0 Å².